The zero-order chi connectivity index (χ0) is 13.8. The molecular weight excluding hydrogens is 260 g/mol. The summed E-state index contributed by atoms with van der Waals surface area (Å²) in [5.41, 5.74) is 3.19. The Morgan fingerprint density at radius 1 is 1.16 bits per heavy atom. The number of hydrogen-bond acceptors (Lipinski definition) is 1. The van der Waals surface area contributed by atoms with Crippen molar-refractivity contribution in [2.45, 2.75) is 19.3 Å². The molecule has 19 heavy (non-hydrogen) atoms. The summed E-state index contributed by atoms with van der Waals surface area (Å²) in [6.45, 7) is 1.93. The van der Waals surface area contributed by atoms with Crippen LogP contribution in [0, 0.1) is 0 Å². The summed E-state index contributed by atoms with van der Waals surface area (Å²) < 4.78 is 0. The first-order chi connectivity index (χ1) is 9.06. The van der Waals surface area contributed by atoms with E-state index in [4.69, 9.17) is 16.7 Å². The van der Waals surface area contributed by atoms with Gasteiger partial charge < -0.3 is 5.11 Å². The maximum Gasteiger partial charge on any atom is 0.303 e. The van der Waals surface area contributed by atoms with Gasteiger partial charge in [0.1, 0.15) is 0 Å². The van der Waals surface area contributed by atoms with Gasteiger partial charge in [-0.05, 0) is 34.7 Å². The molecule has 0 saturated heterocycles. The third kappa shape index (κ3) is 3.58. The molecule has 3 heteroatoms. The summed E-state index contributed by atoms with van der Waals surface area (Å²) in [6, 6.07) is 15.6. The van der Waals surface area contributed by atoms with Crippen LogP contribution in [0.1, 0.15) is 24.8 Å². The van der Waals surface area contributed by atoms with Gasteiger partial charge in [0.25, 0.3) is 0 Å². The monoisotopic (exact) mass is 274 g/mol. The van der Waals surface area contributed by atoms with Gasteiger partial charge in [-0.2, -0.15) is 0 Å². The topological polar surface area (TPSA) is 37.3 Å². The third-order valence-corrected chi connectivity index (χ3v) is 3.37. The molecule has 0 spiro atoms. The molecule has 0 aliphatic carbocycles. The summed E-state index contributed by atoms with van der Waals surface area (Å²) in [4.78, 5) is 10.8. The summed E-state index contributed by atoms with van der Waals surface area (Å²) >= 11 is 5.87. The highest BCUT2D eigenvalue weighted by atomic mass is 35.5. The van der Waals surface area contributed by atoms with Crippen molar-refractivity contribution >= 4 is 17.6 Å². The summed E-state index contributed by atoms with van der Waals surface area (Å²) in [5, 5.41) is 9.55. The first-order valence-corrected chi connectivity index (χ1v) is 6.52. The van der Waals surface area contributed by atoms with Crippen molar-refractivity contribution in [1.82, 2.24) is 0 Å². The minimum absolute atomic E-state index is 0.00440. The van der Waals surface area contributed by atoms with Crippen LogP contribution in [0.2, 0.25) is 5.02 Å². The Balaban J connectivity index is 2.28. The Morgan fingerprint density at radius 2 is 1.84 bits per heavy atom. The van der Waals surface area contributed by atoms with E-state index in [1.54, 1.807) is 0 Å². The second-order valence-corrected chi connectivity index (χ2v) is 5.07. The van der Waals surface area contributed by atoms with Crippen molar-refractivity contribution in [3.05, 3.63) is 59.1 Å². The lowest BCUT2D eigenvalue weighted by Crippen LogP contribution is -2.02. The molecular formula is C16H15ClO2. The van der Waals surface area contributed by atoms with Gasteiger partial charge in [-0.15, -0.1) is 0 Å². The van der Waals surface area contributed by atoms with E-state index in [0.29, 0.717) is 5.02 Å². The van der Waals surface area contributed by atoms with Gasteiger partial charge in [0.2, 0.25) is 0 Å². The van der Waals surface area contributed by atoms with Gasteiger partial charge in [0.05, 0.1) is 6.42 Å². The molecule has 2 aromatic carbocycles. The fourth-order valence-corrected chi connectivity index (χ4v) is 2.17. The van der Waals surface area contributed by atoms with E-state index in [0.717, 1.165) is 16.7 Å². The molecule has 2 nitrogen and oxygen atoms in total. The molecule has 0 radical (unpaired) electrons. The van der Waals surface area contributed by atoms with Crippen molar-refractivity contribution in [2.24, 2.45) is 0 Å². The minimum Gasteiger partial charge on any atom is -0.481 e. The molecule has 0 aromatic heterocycles. The van der Waals surface area contributed by atoms with Gasteiger partial charge in [0, 0.05) is 5.02 Å². The van der Waals surface area contributed by atoms with Gasteiger partial charge in [0.15, 0.2) is 0 Å². The average Bonchev–Trinajstić information content (AvgIpc) is 2.39. The van der Waals surface area contributed by atoms with Crippen LogP contribution in [0.25, 0.3) is 11.1 Å². The molecule has 0 amide bonds. The first-order valence-electron chi connectivity index (χ1n) is 6.14. The largest absolute Gasteiger partial charge is 0.481 e. The quantitative estimate of drug-likeness (QED) is 0.886. The van der Waals surface area contributed by atoms with Crippen LogP contribution in [-0.4, -0.2) is 11.1 Å². The van der Waals surface area contributed by atoms with Crippen molar-refractivity contribution in [3.63, 3.8) is 0 Å². The lowest BCUT2D eigenvalue weighted by atomic mass is 9.94. The summed E-state index contributed by atoms with van der Waals surface area (Å²) in [6.07, 6.45) is 0.143. The molecule has 0 bridgehead atoms. The van der Waals surface area contributed by atoms with Crippen LogP contribution in [0.4, 0.5) is 0 Å². The molecule has 1 atom stereocenters. The highest BCUT2D eigenvalue weighted by Crippen LogP contribution is 2.26. The van der Waals surface area contributed by atoms with Crippen LogP contribution < -0.4 is 0 Å². The highest BCUT2D eigenvalue weighted by molar-refractivity contribution is 6.30. The second kappa shape index (κ2) is 5.89. The molecule has 2 rings (SSSR count). The van der Waals surface area contributed by atoms with E-state index < -0.39 is 5.97 Å². The second-order valence-electron chi connectivity index (χ2n) is 4.63. The van der Waals surface area contributed by atoms with Gasteiger partial charge in [-0.25, -0.2) is 0 Å². The Hall–Kier alpha value is -1.80. The van der Waals surface area contributed by atoms with Crippen LogP contribution in [0.15, 0.2) is 48.5 Å². The molecule has 2 aromatic rings. The smallest absolute Gasteiger partial charge is 0.303 e. The van der Waals surface area contributed by atoms with E-state index in [1.165, 1.54) is 0 Å². The first kappa shape index (κ1) is 13.6. The molecule has 0 heterocycles. The number of aliphatic carboxylic acids is 1. The van der Waals surface area contributed by atoms with Crippen LogP contribution in [0.5, 0.6) is 0 Å². The van der Waals surface area contributed by atoms with Crippen molar-refractivity contribution in [2.75, 3.05) is 0 Å². The third-order valence-electron chi connectivity index (χ3n) is 3.11. The number of halogens is 1. The lowest BCUT2D eigenvalue weighted by Gasteiger charge is -2.11. The maximum atomic E-state index is 10.8. The number of carboxylic acid groups (broad SMARTS) is 1. The predicted molar refractivity (Wildman–Crippen MR) is 77.6 cm³/mol. The zero-order valence-electron chi connectivity index (χ0n) is 10.6. The van der Waals surface area contributed by atoms with Crippen molar-refractivity contribution in [1.29, 1.82) is 0 Å². The van der Waals surface area contributed by atoms with E-state index >= 15 is 0 Å². The standard InChI is InChI=1S/C16H15ClO2/c1-11(9-16(18)19)13-3-2-4-14(10-13)12-5-7-15(17)8-6-12/h2-8,10-11H,9H2,1H3,(H,18,19). The molecule has 1 unspecified atom stereocenters. The Labute approximate surface area is 117 Å². The SMILES string of the molecule is CC(CC(=O)O)c1cccc(-c2ccc(Cl)cc2)c1. The number of hydrogen-bond donors (Lipinski definition) is 1. The lowest BCUT2D eigenvalue weighted by molar-refractivity contribution is -0.137. The van der Waals surface area contributed by atoms with Crippen LogP contribution >= 0.6 is 11.6 Å². The van der Waals surface area contributed by atoms with Gasteiger partial charge >= 0.3 is 5.97 Å². The Kier molecular flexibility index (Phi) is 4.23. The minimum atomic E-state index is -0.774. The fraction of sp³-hybridized carbons (Fsp3) is 0.188. The molecule has 0 aliphatic heterocycles. The van der Waals surface area contributed by atoms with E-state index in [9.17, 15) is 4.79 Å². The Bertz CT molecular complexity index is 576. The van der Waals surface area contributed by atoms with Gasteiger partial charge in [-0.1, -0.05) is 54.9 Å². The normalized spacial score (nSPS) is 12.1. The molecule has 1 N–H and O–H groups in total. The van der Waals surface area contributed by atoms with Crippen molar-refractivity contribution in [3.8, 4) is 11.1 Å². The van der Waals surface area contributed by atoms with Gasteiger partial charge in [-0.3, -0.25) is 4.79 Å². The number of carboxylic acids is 1. The molecule has 0 fully saturated rings. The number of benzene rings is 2. The Morgan fingerprint density at radius 3 is 2.47 bits per heavy atom. The average molecular weight is 275 g/mol. The zero-order valence-corrected chi connectivity index (χ0v) is 11.4. The van der Waals surface area contributed by atoms with E-state index in [2.05, 4.69) is 0 Å². The van der Waals surface area contributed by atoms with Crippen LogP contribution in [0.3, 0.4) is 0 Å². The predicted octanol–water partition coefficient (Wildman–Crippen LogP) is 4.59. The molecule has 0 saturated carbocycles. The summed E-state index contributed by atoms with van der Waals surface area (Å²) in [5.74, 6) is -0.769. The van der Waals surface area contributed by atoms with E-state index in [1.807, 2.05) is 55.5 Å². The number of carbonyl (C=O) groups is 1. The van der Waals surface area contributed by atoms with Crippen LogP contribution in [-0.2, 0) is 4.79 Å². The number of rotatable bonds is 4. The molecule has 0 aliphatic rings. The van der Waals surface area contributed by atoms with E-state index in [-0.39, 0.29) is 12.3 Å². The fourth-order valence-electron chi connectivity index (χ4n) is 2.05. The molecule has 98 valence electrons. The maximum absolute atomic E-state index is 10.8. The van der Waals surface area contributed by atoms with Crippen molar-refractivity contribution < 1.29 is 9.90 Å². The highest BCUT2D eigenvalue weighted by Gasteiger charge is 2.10. The summed E-state index contributed by atoms with van der Waals surface area (Å²) in [7, 11) is 0.